The van der Waals surface area contributed by atoms with Crippen LogP contribution in [0, 0.1) is 6.92 Å². The van der Waals surface area contributed by atoms with E-state index in [-0.39, 0.29) is 12.0 Å². The molecule has 0 unspecified atom stereocenters. The van der Waals surface area contributed by atoms with Crippen molar-refractivity contribution in [3.8, 4) is 0 Å². The van der Waals surface area contributed by atoms with Crippen LogP contribution in [0.1, 0.15) is 34.3 Å². The van der Waals surface area contributed by atoms with Gasteiger partial charge >= 0.3 is 0 Å². The van der Waals surface area contributed by atoms with E-state index in [2.05, 4.69) is 15.2 Å². The minimum Gasteiger partial charge on any atom is -0.393 e. The standard InChI is InChI=1S/C20H25N3O2/c1-15-14-21-10-6-16(15)7-11-22-20(25)17-2-4-18(5-3-17)23-12-8-19(24)9-13-23/h2-6,10,14,19,24H,7-9,11-13H2,1H3,(H,22,25). The van der Waals surface area contributed by atoms with E-state index in [0.29, 0.717) is 12.1 Å². The molecule has 0 bridgehead atoms. The zero-order chi connectivity index (χ0) is 17.6. The topological polar surface area (TPSA) is 65.5 Å². The number of pyridine rings is 1. The summed E-state index contributed by atoms with van der Waals surface area (Å²) in [6.45, 7) is 4.36. The molecular formula is C20H25N3O2. The number of piperidine rings is 1. The summed E-state index contributed by atoms with van der Waals surface area (Å²) in [6.07, 6.45) is 5.85. The fourth-order valence-electron chi connectivity index (χ4n) is 3.14. The van der Waals surface area contributed by atoms with Crippen LogP contribution in [0.25, 0.3) is 0 Å². The molecule has 5 heteroatoms. The van der Waals surface area contributed by atoms with Crippen LogP contribution in [0.3, 0.4) is 0 Å². The van der Waals surface area contributed by atoms with E-state index in [4.69, 9.17) is 0 Å². The zero-order valence-corrected chi connectivity index (χ0v) is 14.6. The first-order chi connectivity index (χ1) is 12.1. The molecule has 0 atom stereocenters. The van der Waals surface area contributed by atoms with Crippen LogP contribution in [0.5, 0.6) is 0 Å². The number of nitrogens with one attached hydrogen (secondary N) is 1. The smallest absolute Gasteiger partial charge is 0.251 e. The summed E-state index contributed by atoms with van der Waals surface area (Å²) in [5.41, 5.74) is 4.13. The number of aliphatic hydroxyl groups excluding tert-OH is 1. The molecule has 132 valence electrons. The van der Waals surface area contributed by atoms with Crippen molar-refractivity contribution in [3.63, 3.8) is 0 Å². The fraction of sp³-hybridized carbons (Fsp3) is 0.400. The van der Waals surface area contributed by atoms with Crippen molar-refractivity contribution < 1.29 is 9.90 Å². The third kappa shape index (κ3) is 4.57. The minimum absolute atomic E-state index is 0.0488. The first-order valence-corrected chi connectivity index (χ1v) is 8.84. The Balaban J connectivity index is 1.51. The molecule has 2 aromatic rings. The minimum atomic E-state index is -0.176. The highest BCUT2D eigenvalue weighted by atomic mass is 16.3. The van der Waals surface area contributed by atoms with Crippen LogP contribution in [0.15, 0.2) is 42.7 Å². The predicted molar refractivity (Wildman–Crippen MR) is 98.9 cm³/mol. The number of carbonyl (C=O) groups excluding carboxylic acids is 1. The Kier molecular flexibility index (Phi) is 5.66. The monoisotopic (exact) mass is 339 g/mol. The Hall–Kier alpha value is -2.40. The Morgan fingerprint density at radius 1 is 1.24 bits per heavy atom. The largest absolute Gasteiger partial charge is 0.393 e. The number of aryl methyl sites for hydroxylation is 1. The van der Waals surface area contributed by atoms with Gasteiger partial charge in [-0.1, -0.05) is 0 Å². The average molecular weight is 339 g/mol. The van der Waals surface area contributed by atoms with Gasteiger partial charge in [-0.05, 0) is 67.6 Å². The van der Waals surface area contributed by atoms with Crippen molar-refractivity contribution in [3.05, 3.63) is 59.4 Å². The SMILES string of the molecule is Cc1cnccc1CCNC(=O)c1ccc(N2CCC(O)CC2)cc1. The van der Waals surface area contributed by atoms with Crippen LogP contribution in [-0.2, 0) is 6.42 Å². The number of benzene rings is 1. The predicted octanol–water partition coefficient (Wildman–Crippen LogP) is 2.32. The van der Waals surface area contributed by atoms with E-state index in [1.54, 1.807) is 6.20 Å². The van der Waals surface area contributed by atoms with Gasteiger partial charge in [0, 0.05) is 43.3 Å². The second-order valence-corrected chi connectivity index (χ2v) is 6.57. The van der Waals surface area contributed by atoms with Crippen LogP contribution in [-0.4, -0.2) is 41.7 Å². The van der Waals surface area contributed by atoms with Gasteiger partial charge in [0.2, 0.25) is 0 Å². The van der Waals surface area contributed by atoms with Crippen LogP contribution < -0.4 is 10.2 Å². The number of nitrogens with zero attached hydrogens (tertiary/aromatic N) is 2. The molecule has 1 aromatic carbocycles. The molecule has 0 radical (unpaired) electrons. The molecule has 5 nitrogen and oxygen atoms in total. The maximum Gasteiger partial charge on any atom is 0.251 e. The number of anilines is 1. The van der Waals surface area contributed by atoms with Crippen molar-refractivity contribution in [2.75, 3.05) is 24.5 Å². The summed E-state index contributed by atoms with van der Waals surface area (Å²) in [7, 11) is 0. The van der Waals surface area contributed by atoms with Gasteiger partial charge in [0.1, 0.15) is 0 Å². The average Bonchev–Trinajstić information content (AvgIpc) is 2.64. The van der Waals surface area contributed by atoms with Crippen molar-refractivity contribution >= 4 is 11.6 Å². The zero-order valence-electron chi connectivity index (χ0n) is 14.6. The second kappa shape index (κ2) is 8.12. The molecule has 25 heavy (non-hydrogen) atoms. The molecule has 1 aromatic heterocycles. The van der Waals surface area contributed by atoms with Crippen LogP contribution in [0.2, 0.25) is 0 Å². The molecule has 2 N–H and O–H groups in total. The van der Waals surface area contributed by atoms with E-state index >= 15 is 0 Å². The lowest BCUT2D eigenvalue weighted by molar-refractivity contribution is 0.0954. The van der Waals surface area contributed by atoms with Gasteiger partial charge in [-0.3, -0.25) is 9.78 Å². The van der Waals surface area contributed by atoms with Gasteiger partial charge in [-0.25, -0.2) is 0 Å². The van der Waals surface area contributed by atoms with E-state index in [1.165, 1.54) is 5.56 Å². The normalized spacial score (nSPS) is 15.2. The Labute approximate surface area is 148 Å². The Morgan fingerprint density at radius 3 is 2.64 bits per heavy atom. The number of aliphatic hydroxyl groups is 1. The number of hydrogen-bond donors (Lipinski definition) is 2. The molecule has 1 saturated heterocycles. The molecule has 1 fully saturated rings. The Bertz CT molecular complexity index is 707. The third-order valence-corrected chi connectivity index (χ3v) is 4.78. The molecule has 1 aliphatic heterocycles. The summed E-state index contributed by atoms with van der Waals surface area (Å²) >= 11 is 0. The third-order valence-electron chi connectivity index (χ3n) is 4.78. The van der Waals surface area contributed by atoms with E-state index < -0.39 is 0 Å². The van der Waals surface area contributed by atoms with Crippen molar-refractivity contribution in [2.45, 2.75) is 32.3 Å². The lowest BCUT2D eigenvalue weighted by atomic mass is 10.1. The fourth-order valence-corrected chi connectivity index (χ4v) is 3.14. The van der Waals surface area contributed by atoms with Crippen molar-refractivity contribution in [2.24, 2.45) is 0 Å². The van der Waals surface area contributed by atoms with E-state index in [1.807, 2.05) is 43.5 Å². The van der Waals surface area contributed by atoms with Gasteiger partial charge in [0.05, 0.1) is 6.10 Å². The molecule has 0 saturated carbocycles. The second-order valence-electron chi connectivity index (χ2n) is 6.57. The molecule has 2 heterocycles. The van der Waals surface area contributed by atoms with Gasteiger partial charge in [-0.15, -0.1) is 0 Å². The molecule has 3 rings (SSSR count). The number of carbonyl (C=O) groups is 1. The first kappa shape index (κ1) is 17.4. The van der Waals surface area contributed by atoms with Crippen molar-refractivity contribution in [1.82, 2.24) is 10.3 Å². The molecule has 1 aliphatic rings. The summed E-state index contributed by atoms with van der Waals surface area (Å²) in [5.74, 6) is -0.0488. The van der Waals surface area contributed by atoms with Gasteiger partial charge in [-0.2, -0.15) is 0 Å². The van der Waals surface area contributed by atoms with Gasteiger partial charge in [0.25, 0.3) is 5.91 Å². The van der Waals surface area contributed by atoms with Gasteiger partial charge < -0.3 is 15.3 Å². The molecule has 0 aliphatic carbocycles. The lowest BCUT2D eigenvalue weighted by Gasteiger charge is -2.31. The van der Waals surface area contributed by atoms with Crippen LogP contribution in [0.4, 0.5) is 5.69 Å². The highest BCUT2D eigenvalue weighted by molar-refractivity contribution is 5.94. The summed E-state index contributed by atoms with van der Waals surface area (Å²) in [5, 5.41) is 12.6. The van der Waals surface area contributed by atoms with Gasteiger partial charge in [0.15, 0.2) is 0 Å². The summed E-state index contributed by atoms with van der Waals surface area (Å²) in [6, 6.07) is 9.70. The van der Waals surface area contributed by atoms with Crippen molar-refractivity contribution in [1.29, 1.82) is 0 Å². The summed E-state index contributed by atoms with van der Waals surface area (Å²) in [4.78, 5) is 18.6. The number of aromatic nitrogens is 1. The number of rotatable bonds is 5. The number of amides is 1. The summed E-state index contributed by atoms with van der Waals surface area (Å²) < 4.78 is 0. The molecule has 1 amide bonds. The highest BCUT2D eigenvalue weighted by Gasteiger charge is 2.17. The maximum absolute atomic E-state index is 12.3. The van der Waals surface area contributed by atoms with Crippen LogP contribution >= 0.6 is 0 Å². The first-order valence-electron chi connectivity index (χ1n) is 8.84. The highest BCUT2D eigenvalue weighted by Crippen LogP contribution is 2.20. The molecular weight excluding hydrogens is 314 g/mol. The number of hydrogen-bond acceptors (Lipinski definition) is 4. The van der Waals surface area contributed by atoms with E-state index in [0.717, 1.165) is 43.6 Å². The lowest BCUT2D eigenvalue weighted by Crippen LogP contribution is -2.35. The Morgan fingerprint density at radius 2 is 1.96 bits per heavy atom. The molecule has 0 spiro atoms. The quantitative estimate of drug-likeness (QED) is 0.877. The maximum atomic E-state index is 12.3. The van der Waals surface area contributed by atoms with E-state index in [9.17, 15) is 9.90 Å².